The number of nitrogens with one attached hydrogen (secondary N) is 1. The third-order valence-electron chi connectivity index (χ3n) is 4.64. The number of carboxylic acid groups (broad SMARTS) is 1. The van der Waals surface area contributed by atoms with Gasteiger partial charge in [0.15, 0.2) is 6.10 Å². The summed E-state index contributed by atoms with van der Waals surface area (Å²) in [5.41, 5.74) is 4.08. The minimum atomic E-state index is -1.89. The zero-order chi connectivity index (χ0) is 18.6. The summed E-state index contributed by atoms with van der Waals surface area (Å²) in [6.07, 6.45) is -0.714. The van der Waals surface area contributed by atoms with Crippen LogP contribution in [0.3, 0.4) is 0 Å². The first-order valence-electron chi connectivity index (χ1n) is 7.55. The summed E-state index contributed by atoms with van der Waals surface area (Å²) in [4.78, 5) is 39.1. The van der Waals surface area contributed by atoms with Gasteiger partial charge in [0, 0.05) is 12.0 Å². The molecule has 0 radical (unpaired) electrons. The Balaban J connectivity index is 1.95. The molecule has 2 aliphatic rings. The van der Waals surface area contributed by atoms with Gasteiger partial charge in [-0.3, -0.25) is 14.5 Å². The molecule has 2 fully saturated rings. The van der Waals surface area contributed by atoms with Gasteiger partial charge in [-0.2, -0.15) is 0 Å². The second kappa shape index (κ2) is 5.97. The molecule has 25 heavy (non-hydrogen) atoms. The van der Waals surface area contributed by atoms with Gasteiger partial charge >= 0.3 is 5.97 Å². The first-order valence-corrected chi connectivity index (χ1v) is 9.31. The van der Waals surface area contributed by atoms with Gasteiger partial charge in [-0.1, -0.05) is 6.07 Å². The molecule has 3 heterocycles. The SMILES string of the molecule is CO[C@@H]1C(=O)N2[C@@H]1SC(C)(C)[C@]2(NC(=O)C(N)c1cccs1)C(=O)O. The zero-order valence-electron chi connectivity index (χ0n) is 13.9. The highest BCUT2D eigenvalue weighted by molar-refractivity contribution is 8.01. The molecule has 0 aromatic carbocycles. The molecule has 10 heteroatoms. The Labute approximate surface area is 152 Å². The van der Waals surface area contributed by atoms with Crippen molar-refractivity contribution in [1.29, 1.82) is 0 Å². The van der Waals surface area contributed by atoms with Crippen molar-refractivity contribution in [2.24, 2.45) is 5.73 Å². The number of carbonyl (C=O) groups excluding carboxylic acids is 2. The second-order valence-electron chi connectivity index (χ2n) is 6.38. The Morgan fingerprint density at radius 1 is 1.48 bits per heavy atom. The molecule has 1 aromatic rings. The van der Waals surface area contributed by atoms with Gasteiger partial charge in [-0.25, -0.2) is 4.79 Å². The van der Waals surface area contributed by atoms with E-state index in [9.17, 15) is 19.5 Å². The van der Waals surface area contributed by atoms with Crippen molar-refractivity contribution in [3.63, 3.8) is 0 Å². The van der Waals surface area contributed by atoms with Gasteiger partial charge in [0.2, 0.25) is 11.6 Å². The summed E-state index contributed by atoms with van der Waals surface area (Å²) in [5.74, 6) is -2.41. The number of amides is 2. The van der Waals surface area contributed by atoms with Crippen LogP contribution in [0.4, 0.5) is 0 Å². The summed E-state index contributed by atoms with van der Waals surface area (Å²) >= 11 is 2.59. The summed E-state index contributed by atoms with van der Waals surface area (Å²) in [7, 11) is 1.40. The number of methoxy groups -OCH3 is 1. The molecule has 0 aliphatic carbocycles. The van der Waals surface area contributed by atoms with Gasteiger partial charge in [-0.15, -0.1) is 23.1 Å². The van der Waals surface area contributed by atoms with E-state index in [1.807, 2.05) is 0 Å². The minimum absolute atomic E-state index is 0.460. The molecule has 4 atom stereocenters. The molecule has 2 saturated heterocycles. The summed E-state index contributed by atoms with van der Waals surface area (Å²) in [6.45, 7) is 3.36. The molecule has 2 aliphatic heterocycles. The largest absolute Gasteiger partial charge is 0.478 e. The lowest BCUT2D eigenvalue weighted by molar-refractivity contribution is -0.187. The molecule has 0 bridgehead atoms. The van der Waals surface area contributed by atoms with E-state index in [-0.39, 0.29) is 0 Å². The lowest BCUT2D eigenvalue weighted by atomic mass is 9.88. The molecule has 1 unspecified atom stereocenters. The monoisotopic (exact) mass is 385 g/mol. The number of carboxylic acids is 1. The highest BCUT2D eigenvalue weighted by Gasteiger charge is 2.74. The van der Waals surface area contributed by atoms with Crippen molar-refractivity contribution in [2.45, 2.75) is 41.8 Å². The van der Waals surface area contributed by atoms with E-state index in [1.54, 1.807) is 31.4 Å². The number of thioether (sulfide) groups is 1. The minimum Gasteiger partial charge on any atom is -0.478 e. The normalized spacial score (nSPS) is 31.2. The molecule has 0 saturated carbocycles. The second-order valence-corrected chi connectivity index (χ2v) is 9.10. The Morgan fingerprint density at radius 2 is 2.16 bits per heavy atom. The molecule has 3 rings (SSSR count). The van der Waals surface area contributed by atoms with E-state index in [0.717, 1.165) is 0 Å². The molecule has 1 aromatic heterocycles. The van der Waals surface area contributed by atoms with Crippen LogP contribution < -0.4 is 11.1 Å². The number of nitrogens with two attached hydrogens (primary N) is 1. The highest BCUT2D eigenvalue weighted by Crippen LogP contribution is 2.56. The van der Waals surface area contributed by atoms with Crippen LogP contribution in [0, 0.1) is 0 Å². The highest BCUT2D eigenvalue weighted by atomic mass is 32.2. The molecule has 2 amide bonds. The first-order chi connectivity index (χ1) is 11.7. The van der Waals surface area contributed by atoms with Crippen LogP contribution in [0.1, 0.15) is 24.8 Å². The topological polar surface area (TPSA) is 122 Å². The third kappa shape index (κ3) is 2.39. The predicted octanol–water partition coefficient (Wildman–Crippen LogP) is 0.354. The molecular formula is C15H19N3O5S2. The molecule has 0 spiro atoms. The number of nitrogens with zero attached hydrogens (tertiary/aromatic N) is 1. The Hall–Kier alpha value is -1.62. The van der Waals surface area contributed by atoms with Crippen molar-refractivity contribution in [1.82, 2.24) is 10.2 Å². The number of β-lactam (4-membered cyclic amide) rings is 1. The summed E-state index contributed by atoms with van der Waals surface area (Å²) in [5, 5.41) is 13.8. The summed E-state index contributed by atoms with van der Waals surface area (Å²) in [6, 6.07) is 2.45. The number of hydrogen-bond acceptors (Lipinski definition) is 7. The fraction of sp³-hybridized carbons (Fsp3) is 0.533. The number of thiophene rings is 1. The van der Waals surface area contributed by atoms with Crippen LogP contribution in [0.2, 0.25) is 0 Å². The van der Waals surface area contributed by atoms with Crippen LogP contribution in [-0.4, -0.2) is 56.8 Å². The average molecular weight is 385 g/mol. The number of rotatable bonds is 5. The zero-order valence-corrected chi connectivity index (χ0v) is 15.5. The van der Waals surface area contributed by atoms with Gasteiger partial charge in [-0.05, 0) is 25.3 Å². The molecule has 136 valence electrons. The number of fused-ring (bicyclic) bond motifs is 1. The number of aliphatic carboxylic acids is 1. The Morgan fingerprint density at radius 3 is 2.68 bits per heavy atom. The van der Waals surface area contributed by atoms with Gasteiger partial charge in [0.25, 0.3) is 5.91 Å². The maximum absolute atomic E-state index is 12.7. The molecule has 4 N–H and O–H groups in total. The van der Waals surface area contributed by atoms with Crippen molar-refractivity contribution in [3.05, 3.63) is 22.4 Å². The lowest BCUT2D eigenvalue weighted by Crippen LogP contribution is -2.78. The fourth-order valence-corrected chi connectivity index (χ4v) is 5.74. The van der Waals surface area contributed by atoms with E-state index >= 15 is 0 Å². The van der Waals surface area contributed by atoms with Gasteiger partial charge < -0.3 is 20.9 Å². The van der Waals surface area contributed by atoms with Crippen LogP contribution in [0.25, 0.3) is 0 Å². The smallest absolute Gasteiger partial charge is 0.352 e. The van der Waals surface area contributed by atoms with Crippen molar-refractivity contribution in [3.8, 4) is 0 Å². The van der Waals surface area contributed by atoms with Crippen molar-refractivity contribution >= 4 is 40.9 Å². The van der Waals surface area contributed by atoms with Crippen LogP contribution in [-0.2, 0) is 19.1 Å². The van der Waals surface area contributed by atoms with Gasteiger partial charge in [0.05, 0.1) is 4.75 Å². The molecule has 8 nitrogen and oxygen atoms in total. The third-order valence-corrected chi connectivity index (χ3v) is 7.18. The van der Waals surface area contributed by atoms with Gasteiger partial charge in [0.1, 0.15) is 11.4 Å². The van der Waals surface area contributed by atoms with E-state index < -0.39 is 45.7 Å². The lowest BCUT2D eigenvalue weighted by Gasteiger charge is -2.49. The quantitative estimate of drug-likeness (QED) is 0.625. The van der Waals surface area contributed by atoms with Crippen LogP contribution in [0.5, 0.6) is 0 Å². The average Bonchev–Trinajstić information content (AvgIpc) is 3.12. The maximum Gasteiger partial charge on any atom is 0.352 e. The maximum atomic E-state index is 12.7. The standard InChI is InChI=1S/C15H19N3O5S2/c1-14(2)15(13(21)22,18-11(20)9(23-3)12(18)25-14)17-10(19)8(16)7-5-4-6-24-7/h4-6,8-9,12H,16H2,1-3H3,(H,17,19)(H,21,22)/t8?,9-,12-,15+/m1/s1. The Bertz CT molecular complexity index is 723. The fourth-order valence-electron chi connectivity index (χ4n) is 3.28. The summed E-state index contributed by atoms with van der Waals surface area (Å²) < 4.78 is 4.17. The van der Waals surface area contributed by atoms with Crippen molar-refractivity contribution in [2.75, 3.05) is 7.11 Å². The first kappa shape index (κ1) is 18.2. The number of hydrogen-bond donors (Lipinski definition) is 3. The van der Waals surface area contributed by atoms with Crippen molar-refractivity contribution < 1.29 is 24.2 Å². The predicted molar refractivity (Wildman–Crippen MR) is 92.9 cm³/mol. The molecular weight excluding hydrogens is 366 g/mol. The number of carbonyl (C=O) groups is 3. The van der Waals surface area contributed by atoms with Crippen LogP contribution in [0.15, 0.2) is 17.5 Å². The van der Waals surface area contributed by atoms with E-state index in [1.165, 1.54) is 35.1 Å². The van der Waals surface area contributed by atoms with E-state index in [2.05, 4.69) is 5.32 Å². The van der Waals surface area contributed by atoms with E-state index in [0.29, 0.717) is 4.88 Å². The van der Waals surface area contributed by atoms with E-state index in [4.69, 9.17) is 10.5 Å². The Kier molecular flexibility index (Phi) is 4.34. The number of ether oxygens (including phenoxy) is 1. The van der Waals surface area contributed by atoms with Crippen LogP contribution >= 0.6 is 23.1 Å².